The molecule has 70 valence electrons. The predicted octanol–water partition coefficient (Wildman–Crippen LogP) is 1.28. The number of aromatic hydroxyl groups is 2. The van der Waals surface area contributed by atoms with Crippen molar-refractivity contribution in [3.05, 3.63) is 21.3 Å². The molecule has 0 aliphatic carbocycles. The molecule has 0 atom stereocenters. The Kier molecular flexibility index (Phi) is 2.81. The van der Waals surface area contributed by atoms with Gasteiger partial charge in [0, 0.05) is 6.07 Å². The third-order valence-electron chi connectivity index (χ3n) is 1.35. The minimum Gasteiger partial charge on any atom is -0.508 e. The number of hydrogen-bond acceptors (Lipinski definition) is 4. The molecule has 0 unspecified atom stereocenters. The molecule has 3 N–H and O–H groups in total. The van der Waals surface area contributed by atoms with Gasteiger partial charge in [-0.25, -0.2) is 4.79 Å². The Hall–Kier alpha value is -1.18. The average Bonchev–Trinajstić information content (AvgIpc) is 2.02. The van der Waals surface area contributed by atoms with Gasteiger partial charge in [0.05, 0.1) is 5.56 Å². The van der Waals surface area contributed by atoms with E-state index in [0.717, 1.165) is 12.1 Å². The van der Waals surface area contributed by atoms with E-state index in [9.17, 15) is 7.86 Å². The van der Waals surface area contributed by atoms with Crippen LogP contribution < -0.4 is 0 Å². The fourth-order valence-corrected chi connectivity index (χ4v) is 1.84. The number of phenols is 2. The lowest BCUT2D eigenvalue weighted by Gasteiger charge is -2.01. The second kappa shape index (κ2) is 3.69. The van der Waals surface area contributed by atoms with E-state index in [4.69, 9.17) is 15.3 Å². The van der Waals surface area contributed by atoms with Crippen LogP contribution in [0.2, 0.25) is 0 Å². The first kappa shape index (κ1) is 9.90. The minimum absolute atomic E-state index is 0.107. The standard InChI is InChI=1S/C7H5IO5/c9-3-1-4(7(11)12)6(8-13)5(10)2-3/h1-2,9-10H,(H,11,12). The average molecular weight is 296 g/mol. The van der Waals surface area contributed by atoms with Gasteiger partial charge in [0.2, 0.25) is 0 Å². The molecule has 13 heavy (non-hydrogen) atoms. The highest BCUT2D eigenvalue weighted by molar-refractivity contribution is 14.1. The van der Waals surface area contributed by atoms with Crippen LogP contribution in [0.5, 0.6) is 11.5 Å². The lowest BCUT2D eigenvalue weighted by molar-refractivity contribution is 0.0694. The molecule has 0 heterocycles. The summed E-state index contributed by atoms with van der Waals surface area (Å²) in [5.74, 6) is -2.13. The largest absolute Gasteiger partial charge is 0.508 e. The quantitative estimate of drug-likeness (QED) is 0.715. The van der Waals surface area contributed by atoms with Crippen LogP contribution in [-0.4, -0.2) is 21.3 Å². The number of benzene rings is 1. The Balaban J connectivity index is 3.46. The third-order valence-corrected chi connectivity index (χ3v) is 2.92. The summed E-state index contributed by atoms with van der Waals surface area (Å²) in [4.78, 5) is 10.5. The van der Waals surface area contributed by atoms with Crippen LogP contribution in [0.3, 0.4) is 0 Å². The van der Waals surface area contributed by atoms with Crippen LogP contribution in [0, 0.1) is 3.57 Å². The highest BCUT2D eigenvalue weighted by Gasteiger charge is 2.15. The smallest absolute Gasteiger partial charge is 0.337 e. The van der Waals surface area contributed by atoms with Crippen LogP contribution in [0.15, 0.2) is 12.1 Å². The second-order valence-corrected chi connectivity index (χ2v) is 3.73. The molecule has 0 amide bonds. The van der Waals surface area contributed by atoms with Gasteiger partial charge in [0.1, 0.15) is 15.1 Å². The predicted molar refractivity (Wildman–Crippen MR) is 50.1 cm³/mol. The second-order valence-electron chi connectivity index (χ2n) is 2.21. The van der Waals surface area contributed by atoms with Crippen molar-refractivity contribution in [1.29, 1.82) is 0 Å². The Morgan fingerprint density at radius 3 is 2.38 bits per heavy atom. The van der Waals surface area contributed by atoms with Gasteiger partial charge in [0.15, 0.2) is 21.2 Å². The summed E-state index contributed by atoms with van der Waals surface area (Å²) in [6.45, 7) is 0. The summed E-state index contributed by atoms with van der Waals surface area (Å²) in [5.41, 5.74) is -0.319. The highest BCUT2D eigenvalue weighted by atomic mass is 127. The first-order valence-electron chi connectivity index (χ1n) is 3.12. The Morgan fingerprint density at radius 2 is 1.92 bits per heavy atom. The molecule has 6 heteroatoms. The van der Waals surface area contributed by atoms with Gasteiger partial charge < -0.3 is 15.3 Å². The fraction of sp³-hybridized carbons (Fsp3) is 0. The molecule has 0 aliphatic rings. The molecule has 0 aromatic heterocycles. The molecule has 5 nitrogen and oxygen atoms in total. The van der Waals surface area contributed by atoms with E-state index >= 15 is 0 Å². The van der Waals surface area contributed by atoms with Gasteiger partial charge in [-0.05, 0) is 6.07 Å². The first-order chi connectivity index (χ1) is 6.06. The number of carboxylic acid groups (broad SMARTS) is 1. The summed E-state index contributed by atoms with van der Waals surface area (Å²) >= 11 is -1.77. The number of halogens is 1. The van der Waals surface area contributed by atoms with Gasteiger partial charge in [-0.15, -0.1) is 0 Å². The number of hydrogen-bond donors (Lipinski definition) is 3. The van der Waals surface area contributed by atoms with Crippen LogP contribution in [-0.2, 0) is 3.07 Å². The zero-order valence-corrected chi connectivity index (χ0v) is 8.35. The Labute approximate surface area is 83.3 Å². The molecule has 0 aliphatic heterocycles. The van der Waals surface area contributed by atoms with Gasteiger partial charge in [-0.2, -0.15) is 0 Å². The van der Waals surface area contributed by atoms with Crippen molar-refractivity contribution in [2.24, 2.45) is 0 Å². The lowest BCUT2D eigenvalue weighted by Crippen LogP contribution is -1.99. The van der Waals surface area contributed by atoms with Crippen molar-refractivity contribution in [2.45, 2.75) is 0 Å². The van der Waals surface area contributed by atoms with E-state index in [1.54, 1.807) is 0 Å². The zero-order chi connectivity index (χ0) is 10.0. The SMILES string of the molecule is O=Ic1c(O)cc(O)cc1C(=O)O. The van der Waals surface area contributed by atoms with Crippen molar-refractivity contribution in [1.82, 2.24) is 0 Å². The molecular weight excluding hydrogens is 291 g/mol. The van der Waals surface area contributed by atoms with E-state index in [0.29, 0.717) is 0 Å². The molecule has 1 rings (SSSR count). The van der Waals surface area contributed by atoms with Crippen molar-refractivity contribution in [3.63, 3.8) is 0 Å². The van der Waals surface area contributed by atoms with Crippen LogP contribution in [0.25, 0.3) is 0 Å². The van der Waals surface area contributed by atoms with E-state index in [1.807, 2.05) is 0 Å². The minimum atomic E-state index is -1.77. The van der Waals surface area contributed by atoms with Crippen LogP contribution >= 0.6 is 21.2 Å². The van der Waals surface area contributed by atoms with Crippen LogP contribution in [0.1, 0.15) is 10.4 Å². The zero-order valence-electron chi connectivity index (χ0n) is 6.19. The van der Waals surface area contributed by atoms with Crippen molar-refractivity contribution >= 4 is 27.2 Å². The maximum atomic E-state index is 10.6. The number of rotatable bonds is 2. The topological polar surface area (TPSA) is 94.8 Å². The van der Waals surface area contributed by atoms with E-state index in [2.05, 4.69) is 0 Å². The molecule has 1 aromatic rings. The summed E-state index contributed by atoms with van der Waals surface area (Å²) in [6.07, 6.45) is 0. The van der Waals surface area contributed by atoms with Crippen LogP contribution in [0.4, 0.5) is 0 Å². The molecule has 0 fully saturated rings. The van der Waals surface area contributed by atoms with Gasteiger partial charge in [-0.3, -0.25) is 3.07 Å². The van der Waals surface area contributed by atoms with Crippen molar-refractivity contribution < 1.29 is 23.2 Å². The van der Waals surface area contributed by atoms with E-state index in [-0.39, 0.29) is 14.9 Å². The molecular formula is C7H5IO5. The first-order valence-corrected chi connectivity index (χ1v) is 5.08. The summed E-state index contributed by atoms with van der Waals surface area (Å²) in [7, 11) is 0. The molecule has 0 bridgehead atoms. The highest BCUT2D eigenvalue weighted by Crippen LogP contribution is 2.30. The van der Waals surface area contributed by atoms with Gasteiger partial charge in [0.25, 0.3) is 0 Å². The molecule has 0 saturated carbocycles. The Bertz CT molecular complexity index is 373. The number of aromatic carboxylic acids is 1. The fourth-order valence-electron chi connectivity index (χ4n) is 0.831. The summed E-state index contributed by atoms with van der Waals surface area (Å²) in [6, 6.07) is 1.91. The van der Waals surface area contributed by atoms with E-state index < -0.39 is 32.9 Å². The maximum absolute atomic E-state index is 10.6. The molecule has 0 saturated heterocycles. The molecule has 1 aromatic carbocycles. The number of phenolic OH excluding ortho intramolecular Hbond substituents is 2. The number of carbonyl (C=O) groups is 1. The Morgan fingerprint density at radius 1 is 1.31 bits per heavy atom. The lowest BCUT2D eigenvalue weighted by atomic mass is 10.2. The summed E-state index contributed by atoms with van der Waals surface area (Å²) < 4.78 is 10.5. The van der Waals surface area contributed by atoms with Crippen molar-refractivity contribution in [2.75, 3.05) is 0 Å². The van der Waals surface area contributed by atoms with Crippen molar-refractivity contribution in [3.8, 4) is 11.5 Å². The number of carboxylic acids is 1. The molecule has 0 spiro atoms. The van der Waals surface area contributed by atoms with E-state index in [1.165, 1.54) is 0 Å². The van der Waals surface area contributed by atoms with Gasteiger partial charge >= 0.3 is 5.97 Å². The summed E-state index contributed by atoms with van der Waals surface area (Å²) in [5, 5.41) is 26.7. The normalized spacial score (nSPS) is 9.85. The third kappa shape index (κ3) is 1.94. The maximum Gasteiger partial charge on any atom is 0.337 e. The monoisotopic (exact) mass is 296 g/mol. The van der Waals surface area contributed by atoms with Gasteiger partial charge in [-0.1, -0.05) is 0 Å². The molecule has 0 radical (unpaired) electrons.